The molecular weight excluding hydrogens is 388 g/mol. The molecule has 1 aliphatic rings. The highest BCUT2D eigenvalue weighted by molar-refractivity contribution is 7.89. The maximum Gasteiger partial charge on any atom is 0.253 e. The van der Waals surface area contributed by atoms with Gasteiger partial charge in [-0.05, 0) is 62.2 Å². The van der Waals surface area contributed by atoms with Crippen LogP contribution in [0.4, 0.5) is 0 Å². The minimum absolute atomic E-state index is 0.0674. The molecule has 2 aromatic carbocycles. The lowest BCUT2D eigenvalue weighted by atomic mass is 9.98. The van der Waals surface area contributed by atoms with Gasteiger partial charge >= 0.3 is 0 Å². The van der Waals surface area contributed by atoms with Crippen molar-refractivity contribution in [2.45, 2.75) is 37.1 Å². The Hall–Kier alpha value is -2.38. The summed E-state index contributed by atoms with van der Waals surface area (Å²) in [6, 6.07) is 14.1. The van der Waals surface area contributed by atoms with Crippen LogP contribution in [0.2, 0.25) is 0 Å². The number of hydrogen-bond donors (Lipinski definition) is 0. The number of nitrogens with zero attached hydrogens (tertiary/aromatic N) is 2. The molecule has 0 spiro atoms. The van der Waals surface area contributed by atoms with Crippen LogP contribution in [0.5, 0.6) is 5.75 Å². The summed E-state index contributed by atoms with van der Waals surface area (Å²) in [5, 5.41) is 0. The summed E-state index contributed by atoms with van der Waals surface area (Å²) in [6.07, 6.45) is 0.906. The Kier molecular flexibility index (Phi) is 6.29. The molecule has 0 radical (unpaired) electrons. The first kappa shape index (κ1) is 21.3. The molecule has 0 N–H and O–H groups in total. The predicted molar refractivity (Wildman–Crippen MR) is 113 cm³/mol. The molecule has 0 saturated carbocycles. The van der Waals surface area contributed by atoms with Crippen LogP contribution >= 0.6 is 0 Å². The quantitative estimate of drug-likeness (QED) is 0.724. The molecule has 1 unspecified atom stereocenters. The smallest absolute Gasteiger partial charge is 0.253 e. The monoisotopic (exact) mass is 416 g/mol. The second-order valence-electron chi connectivity index (χ2n) is 7.65. The lowest BCUT2D eigenvalue weighted by Crippen LogP contribution is -2.33. The minimum Gasteiger partial charge on any atom is -0.497 e. The first-order valence-electron chi connectivity index (χ1n) is 9.75. The lowest BCUT2D eigenvalue weighted by molar-refractivity contribution is 0.0790. The number of likely N-dealkylation sites (tertiary alicyclic amines) is 1. The van der Waals surface area contributed by atoms with Gasteiger partial charge in [0.05, 0.1) is 12.0 Å². The Labute approximate surface area is 173 Å². The molecule has 1 saturated heterocycles. The van der Waals surface area contributed by atoms with Gasteiger partial charge in [-0.1, -0.05) is 12.1 Å². The SMILES string of the molecule is COc1ccc(C2CCN(C(=O)c3ccc(S(=O)(=O)N(C)C(C)C)cc3)C2)cc1. The largest absolute Gasteiger partial charge is 0.497 e. The van der Waals surface area contributed by atoms with Gasteiger partial charge in [0, 0.05) is 37.7 Å². The second kappa shape index (κ2) is 8.55. The number of hydrogen-bond acceptors (Lipinski definition) is 4. The standard InChI is InChI=1S/C22H28N2O4S/c1-16(2)23(3)29(26,27)21-11-7-18(8-12-21)22(25)24-14-13-19(15-24)17-5-9-20(28-4)10-6-17/h5-12,16,19H,13-15H2,1-4H3. The average Bonchev–Trinajstić information content (AvgIpc) is 3.23. The van der Waals surface area contributed by atoms with E-state index in [-0.39, 0.29) is 16.8 Å². The number of sulfonamides is 1. The van der Waals surface area contributed by atoms with Crippen molar-refractivity contribution in [3.8, 4) is 5.75 Å². The Morgan fingerprint density at radius 2 is 1.72 bits per heavy atom. The van der Waals surface area contributed by atoms with Crippen LogP contribution in [0.1, 0.15) is 42.1 Å². The van der Waals surface area contributed by atoms with E-state index in [0.717, 1.165) is 12.2 Å². The van der Waals surface area contributed by atoms with E-state index in [2.05, 4.69) is 0 Å². The molecule has 156 valence electrons. The molecule has 1 atom stereocenters. The maximum absolute atomic E-state index is 12.9. The second-order valence-corrected chi connectivity index (χ2v) is 9.65. The zero-order chi connectivity index (χ0) is 21.2. The minimum atomic E-state index is -3.55. The summed E-state index contributed by atoms with van der Waals surface area (Å²) in [5.74, 6) is 1.05. The molecule has 1 fully saturated rings. The lowest BCUT2D eigenvalue weighted by Gasteiger charge is -2.21. The molecule has 3 rings (SSSR count). The Balaban J connectivity index is 1.69. The van der Waals surface area contributed by atoms with Crippen molar-refractivity contribution in [3.63, 3.8) is 0 Å². The highest BCUT2D eigenvalue weighted by Gasteiger charge is 2.29. The fourth-order valence-corrected chi connectivity index (χ4v) is 4.86. The van der Waals surface area contributed by atoms with E-state index >= 15 is 0 Å². The number of benzene rings is 2. The summed E-state index contributed by atoms with van der Waals surface area (Å²) in [4.78, 5) is 14.9. The number of amides is 1. The van der Waals surface area contributed by atoms with Gasteiger partial charge in [-0.25, -0.2) is 8.42 Å². The fraction of sp³-hybridized carbons (Fsp3) is 0.409. The van der Waals surface area contributed by atoms with Crippen molar-refractivity contribution in [2.75, 3.05) is 27.2 Å². The highest BCUT2D eigenvalue weighted by atomic mass is 32.2. The van der Waals surface area contributed by atoms with Gasteiger partial charge in [0.1, 0.15) is 5.75 Å². The van der Waals surface area contributed by atoms with Crippen molar-refractivity contribution < 1.29 is 17.9 Å². The number of methoxy groups -OCH3 is 1. The van der Waals surface area contributed by atoms with Crippen LogP contribution in [0.15, 0.2) is 53.4 Å². The van der Waals surface area contributed by atoms with Gasteiger partial charge in [0.25, 0.3) is 5.91 Å². The zero-order valence-corrected chi connectivity index (χ0v) is 18.1. The van der Waals surface area contributed by atoms with Crippen molar-refractivity contribution in [1.82, 2.24) is 9.21 Å². The van der Waals surface area contributed by atoms with E-state index in [9.17, 15) is 13.2 Å². The van der Waals surface area contributed by atoms with Gasteiger partial charge in [-0.15, -0.1) is 0 Å². The Bertz CT molecular complexity index is 953. The molecule has 0 aromatic heterocycles. The Morgan fingerprint density at radius 3 is 2.28 bits per heavy atom. The van der Waals surface area contributed by atoms with Crippen LogP contribution in [0.25, 0.3) is 0 Å². The molecule has 1 amide bonds. The third-order valence-corrected chi connectivity index (χ3v) is 7.62. The normalized spacial score (nSPS) is 17.2. The van der Waals surface area contributed by atoms with E-state index < -0.39 is 10.0 Å². The molecule has 0 bridgehead atoms. The van der Waals surface area contributed by atoms with E-state index in [1.807, 2.05) is 43.0 Å². The van der Waals surface area contributed by atoms with E-state index in [4.69, 9.17) is 4.74 Å². The van der Waals surface area contributed by atoms with Crippen molar-refractivity contribution >= 4 is 15.9 Å². The van der Waals surface area contributed by atoms with Crippen LogP contribution in [-0.2, 0) is 10.0 Å². The molecule has 6 nitrogen and oxygen atoms in total. The molecule has 7 heteroatoms. The summed E-state index contributed by atoms with van der Waals surface area (Å²) in [6.45, 7) is 4.98. The average molecular weight is 417 g/mol. The first-order valence-corrected chi connectivity index (χ1v) is 11.2. The van der Waals surface area contributed by atoms with Crippen LogP contribution in [0, 0.1) is 0 Å². The first-order chi connectivity index (χ1) is 13.7. The topological polar surface area (TPSA) is 66.9 Å². The third kappa shape index (κ3) is 4.46. The molecular formula is C22H28N2O4S. The number of rotatable bonds is 6. The molecule has 1 aliphatic heterocycles. The van der Waals surface area contributed by atoms with Gasteiger partial charge in [0.2, 0.25) is 10.0 Å². The van der Waals surface area contributed by atoms with Gasteiger partial charge in [0.15, 0.2) is 0 Å². The summed E-state index contributed by atoms with van der Waals surface area (Å²) in [7, 11) is -0.353. The van der Waals surface area contributed by atoms with Crippen molar-refractivity contribution in [2.24, 2.45) is 0 Å². The Morgan fingerprint density at radius 1 is 1.10 bits per heavy atom. The maximum atomic E-state index is 12.9. The summed E-state index contributed by atoms with van der Waals surface area (Å²) < 4.78 is 31.7. The number of carbonyl (C=O) groups is 1. The van der Waals surface area contributed by atoms with E-state index in [1.165, 1.54) is 22.0 Å². The van der Waals surface area contributed by atoms with Crippen molar-refractivity contribution in [3.05, 3.63) is 59.7 Å². The highest BCUT2D eigenvalue weighted by Crippen LogP contribution is 2.29. The van der Waals surface area contributed by atoms with Gasteiger partial charge in [-0.2, -0.15) is 4.31 Å². The van der Waals surface area contributed by atoms with Gasteiger partial charge in [-0.3, -0.25) is 4.79 Å². The van der Waals surface area contributed by atoms with Crippen LogP contribution in [-0.4, -0.2) is 56.8 Å². The van der Waals surface area contributed by atoms with Crippen molar-refractivity contribution in [1.29, 1.82) is 0 Å². The molecule has 2 aromatic rings. The summed E-state index contributed by atoms with van der Waals surface area (Å²) in [5.41, 5.74) is 1.70. The summed E-state index contributed by atoms with van der Waals surface area (Å²) >= 11 is 0. The van der Waals surface area contributed by atoms with Gasteiger partial charge < -0.3 is 9.64 Å². The zero-order valence-electron chi connectivity index (χ0n) is 17.3. The van der Waals surface area contributed by atoms with E-state index in [1.54, 1.807) is 26.3 Å². The number of ether oxygens (including phenoxy) is 1. The predicted octanol–water partition coefficient (Wildman–Crippen LogP) is 3.35. The van der Waals surface area contributed by atoms with Crippen LogP contribution in [0.3, 0.4) is 0 Å². The van der Waals surface area contributed by atoms with E-state index in [0.29, 0.717) is 24.6 Å². The fourth-order valence-electron chi connectivity index (χ4n) is 3.49. The third-order valence-electron chi connectivity index (χ3n) is 5.57. The molecule has 0 aliphatic carbocycles. The number of carbonyl (C=O) groups excluding carboxylic acids is 1. The van der Waals surface area contributed by atoms with Crippen LogP contribution < -0.4 is 4.74 Å². The molecule has 29 heavy (non-hydrogen) atoms. The molecule has 1 heterocycles.